The van der Waals surface area contributed by atoms with Gasteiger partial charge < -0.3 is 5.21 Å². The van der Waals surface area contributed by atoms with Crippen LogP contribution in [-0.2, 0) is 12.8 Å². The van der Waals surface area contributed by atoms with Gasteiger partial charge in [-0.05, 0) is 25.2 Å². The van der Waals surface area contributed by atoms with Gasteiger partial charge in [0.05, 0.1) is 5.69 Å². The maximum absolute atomic E-state index is 9.19. The molecule has 0 aliphatic heterocycles. The molecule has 56 valence electrons. The summed E-state index contributed by atoms with van der Waals surface area (Å²) in [6.07, 6.45) is 8.11. The Morgan fingerprint density at radius 3 is 3.09 bits per heavy atom. The van der Waals surface area contributed by atoms with Gasteiger partial charge in [-0.1, -0.05) is 0 Å². The average molecular weight is 148 g/mol. The monoisotopic (exact) mass is 148 g/mol. The predicted octanol–water partition coefficient (Wildman–Crippen LogP) is 0.590. The molecule has 1 aromatic rings. The molecule has 0 radical (unpaired) electrons. The second-order valence-corrected chi connectivity index (χ2v) is 2.66. The zero-order chi connectivity index (χ0) is 7.84. The SMILES string of the molecule is C#Cc1nn(O)c2c1CCC2. The molecule has 0 saturated heterocycles. The molecule has 2 rings (SSSR count). The Kier molecular flexibility index (Phi) is 1.16. The summed E-state index contributed by atoms with van der Waals surface area (Å²) in [7, 11) is 0. The third-order valence-corrected chi connectivity index (χ3v) is 2.05. The fourth-order valence-electron chi connectivity index (χ4n) is 1.53. The minimum atomic E-state index is 0.597. The van der Waals surface area contributed by atoms with Gasteiger partial charge in [-0.25, -0.2) is 0 Å². The minimum absolute atomic E-state index is 0.597. The van der Waals surface area contributed by atoms with Gasteiger partial charge in [0.15, 0.2) is 0 Å². The van der Waals surface area contributed by atoms with E-state index in [0.29, 0.717) is 5.69 Å². The number of rotatable bonds is 0. The summed E-state index contributed by atoms with van der Waals surface area (Å²) in [4.78, 5) is 0.914. The molecular formula is C8H8N2O. The quantitative estimate of drug-likeness (QED) is 0.432. The van der Waals surface area contributed by atoms with Gasteiger partial charge in [-0.2, -0.15) is 0 Å². The number of hydrogen-bond donors (Lipinski definition) is 1. The lowest BCUT2D eigenvalue weighted by Gasteiger charge is -1.90. The van der Waals surface area contributed by atoms with E-state index in [2.05, 4.69) is 11.0 Å². The van der Waals surface area contributed by atoms with Crippen LogP contribution in [-0.4, -0.2) is 15.2 Å². The smallest absolute Gasteiger partial charge is 0.142 e. The number of nitrogens with zero attached hydrogens (tertiary/aromatic N) is 2. The Hall–Kier alpha value is -1.43. The van der Waals surface area contributed by atoms with Gasteiger partial charge in [0.25, 0.3) is 0 Å². The summed E-state index contributed by atoms with van der Waals surface area (Å²) in [6.45, 7) is 0. The van der Waals surface area contributed by atoms with E-state index in [9.17, 15) is 5.21 Å². The van der Waals surface area contributed by atoms with E-state index in [4.69, 9.17) is 6.42 Å². The summed E-state index contributed by atoms with van der Waals surface area (Å²) < 4.78 is 0. The Morgan fingerprint density at radius 2 is 2.36 bits per heavy atom. The van der Waals surface area contributed by atoms with E-state index in [0.717, 1.165) is 35.4 Å². The maximum atomic E-state index is 9.19. The molecule has 1 aromatic heterocycles. The van der Waals surface area contributed by atoms with Gasteiger partial charge in [-0.3, -0.25) is 0 Å². The average Bonchev–Trinajstić information content (AvgIpc) is 2.54. The van der Waals surface area contributed by atoms with Crippen LogP contribution in [0.5, 0.6) is 0 Å². The molecule has 1 heterocycles. The van der Waals surface area contributed by atoms with E-state index in [-0.39, 0.29) is 0 Å². The van der Waals surface area contributed by atoms with Crippen molar-refractivity contribution in [3.05, 3.63) is 17.0 Å². The Labute approximate surface area is 64.6 Å². The lowest BCUT2D eigenvalue weighted by atomic mass is 10.2. The van der Waals surface area contributed by atoms with Crippen molar-refractivity contribution >= 4 is 0 Å². The van der Waals surface area contributed by atoms with Crippen molar-refractivity contribution in [1.82, 2.24) is 9.94 Å². The highest BCUT2D eigenvalue weighted by Gasteiger charge is 2.20. The summed E-state index contributed by atoms with van der Waals surface area (Å²) in [5, 5.41) is 13.0. The first-order valence-corrected chi connectivity index (χ1v) is 3.59. The Morgan fingerprint density at radius 1 is 1.55 bits per heavy atom. The minimum Gasteiger partial charge on any atom is -0.411 e. The zero-order valence-electron chi connectivity index (χ0n) is 6.04. The first-order valence-electron chi connectivity index (χ1n) is 3.59. The highest BCUT2D eigenvalue weighted by Crippen LogP contribution is 2.23. The molecule has 0 amide bonds. The molecule has 0 bridgehead atoms. The van der Waals surface area contributed by atoms with Crippen molar-refractivity contribution in [2.45, 2.75) is 19.3 Å². The normalized spacial score (nSPS) is 14.5. The van der Waals surface area contributed by atoms with Crippen LogP contribution in [0.15, 0.2) is 0 Å². The van der Waals surface area contributed by atoms with Crippen LogP contribution in [0.4, 0.5) is 0 Å². The van der Waals surface area contributed by atoms with Gasteiger partial charge in [0.2, 0.25) is 0 Å². The molecule has 1 aliphatic carbocycles. The van der Waals surface area contributed by atoms with Crippen molar-refractivity contribution in [1.29, 1.82) is 0 Å². The molecule has 0 unspecified atom stereocenters. The van der Waals surface area contributed by atoms with E-state index in [1.54, 1.807) is 0 Å². The number of aromatic nitrogens is 2. The Bertz CT molecular complexity index is 333. The van der Waals surface area contributed by atoms with Crippen molar-refractivity contribution < 1.29 is 5.21 Å². The molecule has 3 heteroatoms. The van der Waals surface area contributed by atoms with E-state index >= 15 is 0 Å². The first-order chi connectivity index (χ1) is 5.33. The fraction of sp³-hybridized carbons (Fsp3) is 0.375. The molecule has 3 nitrogen and oxygen atoms in total. The lowest BCUT2D eigenvalue weighted by Crippen LogP contribution is -1.97. The molecule has 0 aromatic carbocycles. The molecule has 1 N–H and O–H groups in total. The number of hydrogen-bond acceptors (Lipinski definition) is 2. The molecule has 0 atom stereocenters. The van der Waals surface area contributed by atoms with Crippen LogP contribution in [0.1, 0.15) is 23.4 Å². The lowest BCUT2D eigenvalue weighted by molar-refractivity contribution is 0.140. The van der Waals surface area contributed by atoms with Crippen LogP contribution in [0.3, 0.4) is 0 Å². The van der Waals surface area contributed by atoms with E-state index in [1.165, 1.54) is 0 Å². The van der Waals surface area contributed by atoms with Crippen LogP contribution < -0.4 is 0 Å². The second-order valence-electron chi connectivity index (χ2n) is 2.66. The van der Waals surface area contributed by atoms with E-state index in [1.807, 2.05) is 0 Å². The molecular weight excluding hydrogens is 140 g/mol. The largest absolute Gasteiger partial charge is 0.411 e. The van der Waals surface area contributed by atoms with Crippen LogP contribution in [0, 0.1) is 12.3 Å². The number of terminal acetylenes is 1. The first kappa shape index (κ1) is 6.29. The van der Waals surface area contributed by atoms with Gasteiger partial charge in [-0.15, -0.1) is 16.4 Å². The van der Waals surface area contributed by atoms with Crippen molar-refractivity contribution in [3.8, 4) is 12.3 Å². The third kappa shape index (κ3) is 0.726. The van der Waals surface area contributed by atoms with Gasteiger partial charge >= 0.3 is 0 Å². The zero-order valence-corrected chi connectivity index (χ0v) is 6.04. The summed E-state index contributed by atoms with van der Waals surface area (Å²) in [6, 6.07) is 0. The molecule has 0 spiro atoms. The summed E-state index contributed by atoms with van der Waals surface area (Å²) in [5.74, 6) is 2.46. The topological polar surface area (TPSA) is 38.0 Å². The fourth-order valence-corrected chi connectivity index (χ4v) is 1.53. The standard InChI is InChI=1S/C8H8N2O/c1-2-7-6-4-3-5-8(6)10(11)9-7/h1,11H,3-5H2. The van der Waals surface area contributed by atoms with Crippen LogP contribution in [0.25, 0.3) is 0 Å². The molecule has 0 fully saturated rings. The highest BCUT2D eigenvalue weighted by molar-refractivity contribution is 5.39. The second kappa shape index (κ2) is 2.03. The van der Waals surface area contributed by atoms with Crippen LogP contribution >= 0.6 is 0 Å². The molecule has 1 aliphatic rings. The highest BCUT2D eigenvalue weighted by atomic mass is 16.5. The van der Waals surface area contributed by atoms with Gasteiger partial charge in [0.1, 0.15) is 5.69 Å². The van der Waals surface area contributed by atoms with Crippen LogP contribution in [0.2, 0.25) is 0 Å². The van der Waals surface area contributed by atoms with Crippen molar-refractivity contribution in [3.63, 3.8) is 0 Å². The molecule has 11 heavy (non-hydrogen) atoms. The molecule has 0 saturated carbocycles. The number of fused-ring (bicyclic) bond motifs is 1. The predicted molar refractivity (Wildman–Crippen MR) is 39.4 cm³/mol. The summed E-state index contributed by atoms with van der Waals surface area (Å²) >= 11 is 0. The van der Waals surface area contributed by atoms with Crippen molar-refractivity contribution in [2.75, 3.05) is 0 Å². The van der Waals surface area contributed by atoms with E-state index < -0.39 is 0 Å². The third-order valence-electron chi connectivity index (χ3n) is 2.05. The van der Waals surface area contributed by atoms with Gasteiger partial charge in [0, 0.05) is 5.56 Å². The Balaban J connectivity index is 2.63. The van der Waals surface area contributed by atoms with Crippen molar-refractivity contribution in [2.24, 2.45) is 0 Å². The summed E-state index contributed by atoms with van der Waals surface area (Å²) in [5.41, 5.74) is 2.54. The maximum Gasteiger partial charge on any atom is 0.142 e.